The molecule has 0 spiro atoms. The number of hydrogen-bond donors (Lipinski definition) is 1. The molecule has 1 atom stereocenters. The largest absolute Gasteiger partial charge is 0.371 e. The van der Waals surface area contributed by atoms with Gasteiger partial charge in [0, 0.05) is 19.1 Å². The number of ether oxygens (including phenoxy) is 1. The van der Waals surface area contributed by atoms with Crippen LogP contribution in [0.4, 0.5) is 0 Å². The molecule has 0 saturated carbocycles. The van der Waals surface area contributed by atoms with E-state index in [0.29, 0.717) is 6.61 Å². The summed E-state index contributed by atoms with van der Waals surface area (Å²) in [6.45, 7) is 4.18. The summed E-state index contributed by atoms with van der Waals surface area (Å²) in [5.41, 5.74) is 8.08. The predicted octanol–water partition coefficient (Wildman–Crippen LogP) is 0.716. The van der Waals surface area contributed by atoms with Crippen molar-refractivity contribution in [1.82, 2.24) is 4.81 Å². The van der Waals surface area contributed by atoms with Gasteiger partial charge in [-0.05, 0) is 18.1 Å². The van der Waals surface area contributed by atoms with Gasteiger partial charge >= 0.3 is 0 Å². The molecule has 1 heterocycles. The first-order chi connectivity index (χ1) is 8.69. The molecule has 1 radical (unpaired) electrons. The molecule has 0 bridgehead atoms. The molecule has 4 nitrogen and oxygen atoms in total. The molecular formula is C13H18BN2O2. The van der Waals surface area contributed by atoms with Gasteiger partial charge in [-0.15, -0.1) is 0 Å². The highest BCUT2D eigenvalue weighted by Crippen LogP contribution is 2.15. The van der Waals surface area contributed by atoms with Gasteiger partial charge in [0.2, 0.25) is 0 Å². The number of nitrogens with two attached hydrogens (primary N) is 1. The van der Waals surface area contributed by atoms with Crippen molar-refractivity contribution >= 4 is 13.6 Å². The summed E-state index contributed by atoms with van der Waals surface area (Å²) in [6.07, 6.45) is 1.04. The molecule has 0 amide bonds. The Morgan fingerprint density at radius 3 is 2.72 bits per heavy atom. The standard InChI is InChI=1S/C13H18BN2O2/c1-10(15)12-4-2-11(3-5-12)8-18-13-6-16(7-13)14-9-17/h2-5,9-10,13H,6-8,15H2,1H3/t10-/m0/s1. The number of nitrogens with zero attached hydrogens (tertiary/aromatic N) is 1. The van der Waals surface area contributed by atoms with Crippen molar-refractivity contribution in [3.05, 3.63) is 35.4 Å². The zero-order valence-corrected chi connectivity index (χ0v) is 10.6. The minimum Gasteiger partial charge on any atom is -0.371 e. The fourth-order valence-corrected chi connectivity index (χ4v) is 1.91. The molecule has 1 saturated heterocycles. The Morgan fingerprint density at radius 2 is 2.17 bits per heavy atom. The quantitative estimate of drug-likeness (QED) is 0.592. The van der Waals surface area contributed by atoms with Crippen LogP contribution in [0.3, 0.4) is 0 Å². The van der Waals surface area contributed by atoms with E-state index in [1.165, 1.54) is 0 Å². The highest BCUT2D eigenvalue weighted by molar-refractivity contribution is 6.64. The lowest BCUT2D eigenvalue weighted by Crippen LogP contribution is -2.53. The molecular weight excluding hydrogens is 227 g/mol. The molecule has 95 valence electrons. The van der Waals surface area contributed by atoms with Crippen LogP contribution in [0, 0.1) is 0 Å². The van der Waals surface area contributed by atoms with E-state index in [0.717, 1.165) is 30.4 Å². The number of hydrogen-bond acceptors (Lipinski definition) is 4. The minimum absolute atomic E-state index is 0.0686. The lowest BCUT2D eigenvalue weighted by atomic mass is 9.89. The highest BCUT2D eigenvalue weighted by atomic mass is 16.5. The maximum absolute atomic E-state index is 10.2. The van der Waals surface area contributed by atoms with Crippen LogP contribution >= 0.6 is 0 Å². The third kappa shape index (κ3) is 3.42. The van der Waals surface area contributed by atoms with Gasteiger partial charge in [-0.1, -0.05) is 24.3 Å². The summed E-state index contributed by atoms with van der Waals surface area (Å²) < 4.78 is 5.73. The van der Waals surface area contributed by atoms with Gasteiger partial charge in [0.15, 0.2) is 0 Å². The number of benzene rings is 1. The highest BCUT2D eigenvalue weighted by Gasteiger charge is 2.26. The number of carbonyl (C=O) groups is 1. The third-order valence-electron chi connectivity index (χ3n) is 3.14. The summed E-state index contributed by atoms with van der Waals surface area (Å²) in [5.74, 6) is 0. The number of carbonyl (C=O) groups excluding carboxylic acids is 1. The lowest BCUT2D eigenvalue weighted by molar-refractivity contribution is -0.0300. The Balaban J connectivity index is 1.73. The first kappa shape index (κ1) is 13.3. The Kier molecular flexibility index (Phi) is 4.52. The Bertz CT molecular complexity index is 388. The van der Waals surface area contributed by atoms with Crippen molar-refractivity contribution in [3.63, 3.8) is 0 Å². The Labute approximate surface area is 108 Å². The van der Waals surface area contributed by atoms with E-state index < -0.39 is 0 Å². The zero-order valence-electron chi connectivity index (χ0n) is 10.6. The smallest absolute Gasteiger partial charge is 0.293 e. The molecule has 2 rings (SSSR count). The van der Waals surface area contributed by atoms with Crippen molar-refractivity contribution in [1.29, 1.82) is 0 Å². The molecule has 1 aliphatic heterocycles. The van der Waals surface area contributed by atoms with Crippen molar-refractivity contribution in [2.24, 2.45) is 5.73 Å². The maximum Gasteiger partial charge on any atom is 0.293 e. The molecule has 5 heteroatoms. The fraction of sp³-hybridized carbons (Fsp3) is 0.462. The minimum atomic E-state index is 0.0686. The molecule has 0 unspecified atom stereocenters. The Hall–Kier alpha value is -1.17. The average molecular weight is 245 g/mol. The van der Waals surface area contributed by atoms with Crippen LogP contribution in [0.25, 0.3) is 0 Å². The maximum atomic E-state index is 10.2. The molecule has 1 aromatic carbocycles. The van der Waals surface area contributed by atoms with Gasteiger partial charge in [-0.25, -0.2) is 0 Å². The summed E-state index contributed by atoms with van der Waals surface area (Å²) in [6, 6.07) is 8.24. The van der Waals surface area contributed by atoms with Crippen LogP contribution in [-0.4, -0.2) is 37.6 Å². The zero-order chi connectivity index (χ0) is 13.0. The lowest BCUT2D eigenvalue weighted by Gasteiger charge is -2.37. The van der Waals surface area contributed by atoms with Gasteiger partial charge in [0.05, 0.1) is 18.9 Å². The topological polar surface area (TPSA) is 55.6 Å². The van der Waals surface area contributed by atoms with Crippen LogP contribution in [0.2, 0.25) is 0 Å². The van der Waals surface area contributed by atoms with Crippen LogP contribution in [-0.2, 0) is 16.1 Å². The van der Waals surface area contributed by atoms with E-state index in [1.54, 1.807) is 7.41 Å². The van der Waals surface area contributed by atoms with Gasteiger partial charge in [-0.3, -0.25) is 0 Å². The van der Waals surface area contributed by atoms with Crippen molar-refractivity contribution in [3.8, 4) is 0 Å². The second-order valence-electron chi connectivity index (χ2n) is 4.70. The van der Waals surface area contributed by atoms with Crippen LogP contribution in [0.5, 0.6) is 0 Å². The summed E-state index contributed by atoms with van der Waals surface area (Å²) in [5, 5.41) is 0. The van der Waals surface area contributed by atoms with E-state index in [-0.39, 0.29) is 12.1 Å². The van der Waals surface area contributed by atoms with Gasteiger partial charge in [-0.2, -0.15) is 0 Å². The van der Waals surface area contributed by atoms with E-state index in [9.17, 15) is 4.79 Å². The van der Waals surface area contributed by atoms with E-state index >= 15 is 0 Å². The van der Waals surface area contributed by atoms with Crippen LogP contribution < -0.4 is 5.73 Å². The van der Waals surface area contributed by atoms with Crippen LogP contribution in [0.1, 0.15) is 24.1 Å². The third-order valence-corrected chi connectivity index (χ3v) is 3.14. The van der Waals surface area contributed by atoms with E-state index in [4.69, 9.17) is 10.5 Å². The van der Waals surface area contributed by atoms with E-state index in [2.05, 4.69) is 0 Å². The molecule has 1 aromatic rings. The van der Waals surface area contributed by atoms with Gasteiger partial charge < -0.3 is 20.1 Å². The van der Waals surface area contributed by atoms with Gasteiger partial charge in [0.1, 0.15) is 0 Å². The summed E-state index contributed by atoms with van der Waals surface area (Å²) in [7, 11) is 1.55. The van der Waals surface area contributed by atoms with Crippen molar-refractivity contribution in [2.45, 2.75) is 25.7 Å². The first-order valence-corrected chi connectivity index (χ1v) is 6.17. The summed E-state index contributed by atoms with van der Waals surface area (Å²) in [4.78, 5) is 12.2. The average Bonchev–Trinajstić information content (AvgIpc) is 2.32. The van der Waals surface area contributed by atoms with Crippen molar-refractivity contribution in [2.75, 3.05) is 13.1 Å². The van der Waals surface area contributed by atoms with Gasteiger partial charge in [0.25, 0.3) is 7.41 Å². The second-order valence-corrected chi connectivity index (χ2v) is 4.70. The van der Waals surface area contributed by atoms with Crippen LogP contribution in [0.15, 0.2) is 24.3 Å². The molecule has 1 fully saturated rings. The first-order valence-electron chi connectivity index (χ1n) is 6.17. The van der Waals surface area contributed by atoms with E-state index in [1.807, 2.05) is 36.0 Å². The SMILES string of the molecule is C[C@H](N)c1ccc(COC2CN([B]C=O)C2)cc1. The summed E-state index contributed by atoms with van der Waals surface area (Å²) >= 11 is 0. The molecule has 2 N–H and O–H groups in total. The van der Waals surface area contributed by atoms with Crippen molar-refractivity contribution < 1.29 is 9.53 Å². The Morgan fingerprint density at radius 1 is 1.50 bits per heavy atom. The normalized spacial score (nSPS) is 18.1. The molecule has 1 aliphatic rings. The second kappa shape index (κ2) is 6.13. The molecule has 18 heavy (non-hydrogen) atoms. The predicted molar refractivity (Wildman–Crippen MR) is 71.7 cm³/mol. The fourth-order valence-electron chi connectivity index (χ4n) is 1.91. The monoisotopic (exact) mass is 245 g/mol. The molecule has 0 aromatic heterocycles. The number of rotatable bonds is 6. The molecule has 0 aliphatic carbocycles.